The highest BCUT2D eigenvalue weighted by atomic mass is 16.3. The first-order valence-corrected chi connectivity index (χ1v) is 2.63. The van der Waals surface area contributed by atoms with Crippen LogP contribution in [0.4, 0.5) is 0 Å². The second-order valence-electron chi connectivity index (χ2n) is 1.91. The van der Waals surface area contributed by atoms with Crippen LogP contribution in [0.2, 0.25) is 0 Å². The zero-order chi connectivity index (χ0) is 6.57. The predicted octanol–water partition coefficient (Wildman–Crippen LogP) is 0.306. The molecule has 0 saturated heterocycles. The molecule has 0 amide bonds. The smallest absolute Gasteiger partial charge is 0.0696 e. The van der Waals surface area contributed by atoms with Crippen molar-refractivity contribution in [2.75, 3.05) is 6.61 Å². The molecule has 1 unspecified atom stereocenters. The molecule has 0 fully saturated rings. The predicted molar refractivity (Wildman–Crippen MR) is 32.5 cm³/mol. The lowest BCUT2D eigenvalue weighted by Gasteiger charge is -1.96. The average Bonchev–Trinajstić information content (AvgIpc) is 1.65. The third-order valence-electron chi connectivity index (χ3n) is 0.775. The fourth-order valence-corrected chi connectivity index (χ4v) is 0.464. The van der Waals surface area contributed by atoms with Crippen LogP contribution >= 0.6 is 0 Å². The van der Waals surface area contributed by atoms with Crippen molar-refractivity contribution in [3.05, 3.63) is 11.6 Å². The average molecular weight is 116 g/mol. The van der Waals surface area contributed by atoms with Gasteiger partial charge in [0.15, 0.2) is 0 Å². The number of aliphatic hydroxyl groups is 2. The Bertz CT molecular complexity index is 84.5. The normalized spacial score (nSPS) is 16.2. The third kappa shape index (κ3) is 3.84. The molecular formula is C6H12O2. The number of rotatable bonds is 2. The summed E-state index contributed by atoms with van der Waals surface area (Å²) in [6.07, 6.45) is 1.17. The van der Waals surface area contributed by atoms with E-state index < -0.39 is 6.10 Å². The molecule has 8 heavy (non-hydrogen) atoms. The number of hydrogen-bond donors (Lipinski definition) is 2. The molecule has 1 atom stereocenters. The summed E-state index contributed by atoms with van der Waals surface area (Å²) in [7, 11) is 0. The molecular weight excluding hydrogens is 104 g/mol. The first-order chi connectivity index (χ1) is 3.66. The summed E-state index contributed by atoms with van der Waals surface area (Å²) in [5, 5.41) is 17.1. The second kappa shape index (κ2) is 3.64. The molecule has 0 aromatic rings. The molecule has 0 aliphatic rings. The summed E-state index contributed by atoms with van der Waals surface area (Å²) in [5.74, 6) is 0. The van der Waals surface area contributed by atoms with E-state index in [1.807, 2.05) is 0 Å². The molecule has 0 spiro atoms. The van der Waals surface area contributed by atoms with Crippen molar-refractivity contribution < 1.29 is 10.2 Å². The Labute approximate surface area is 49.5 Å². The highest BCUT2D eigenvalue weighted by Crippen LogP contribution is 1.92. The minimum absolute atomic E-state index is 0.0326. The summed E-state index contributed by atoms with van der Waals surface area (Å²) >= 11 is 0. The summed E-state index contributed by atoms with van der Waals surface area (Å²) in [6.45, 7) is 3.46. The Kier molecular flexibility index (Phi) is 3.48. The van der Waals surface area contributed by atoms with Gasteiger partial charge in [-0.15, -0.1) is 0 Å². The first kappa shape index (κ1) is 7.66. The minimum Gasteiger partial charge on any atom is -0.392 e. The van der Waals surface area contributed by atoms with Crippen molar-refractivity contribution >= 4 is 0 Å². The van der Waals surface area contributed by atoms with Crippen LogP contribution in [0, 0.1) is 0 Å². The highest BCUT2D eigenvalue weighted by molar-refractivity contribution is 5.00. The molecule has 48 valence electrons. The fourth-order valence-electron chi connectivity index (χ4n) is 0.464. The van der Waals surface area contributed by atoms with Gasteiger partial charge in [0.05, 0.1) is 12.7 Å². The molecule has 2 nitrogen and oxygen atoms in total. The van der Waals surface area contributed by atoms with Crippen molar-refractivity contribution in [1.82, 2.24) is 0 Å². The maximum Gasteiger partial charge on any atom is 0.0696 e. The van der Waals surface area contributed by atoms with Gasteiger partial charge in [-0.05, 0) is 19.4 Å². The molecule has 0 aromatic carbocycles. The number of hydrogen-bond acceptors (Lipinski definition) is 2. The molecule has 0 bridgehead atoms. The van der Waals surface area contributed by atoms with E-state index in [1.165, 1.54) is 0 Å². The minimum atomic E-state index is -0.442. The molecule has 0 aromatic heterocycles. The van der Waals surface area contributed by atoms with Crippen LogP contribution in [0.5, 0.6) is 0 Å². The second-order valence-corrected chi connectivity index (χ2v) is 1.91. The summed E-state index contributed by atoms with van der Waals surface area (Å²) < 4.78 is 0. The van der Waals surface area contributed by atoms with Gasteiger partial charge in [0.25, 0.3) is 0 Å². The summed E-state index contributed by atoms with van der Waals surface area (Å²) in [6, 6.07) is 0. The van der Waals surface area contributed by atoms with Crippen molar-refractivity contribution in [1.29, 1.82) is 0 Å². The topological polar surface area (TPSA) is 40.5 Å². The molecule has 2 heteroatoms. The summed E-state index contributed by atoms with van der Waals surface area (Å²) in [4.78, 5) is 0. The maximum atomic E-state index is 8.67. The van der Waals surface area contributed by atoms with Crippen molar-refractivity contribution in [3.8, 4) is 0 Å². The van der Waals surface area contributed by atoms with Crippen LogP contribution < -0.4 is 0 Å². The van der Waals surface area contributed by atoms with Gasteiger partial charge in [-0.25, -0.2) is 0 Å². The monoisotopic (exact) mass is 116 g/mol. The quantitative estimate of drug-likeness (QED) is 0.509. The Balaban J connectivity index is 3.56. The van der Waals surface area contributed by atoms with Crippen molar-refractivity contribution in [3.63, 3.8) is 0 Å². The van der Waals surface area contributed by atoms with Gasteiger partial charge < -0.3 is 10.2 Å². The van der Waals surface area contributed by atoms with Gasteiger partial charge in [-0.2, -0.15) is 0 Å². The Morgan fingerprint density at radius 1 is 1.75 bits per heavy atom. The maximum absolute atomic E-state index is 8.67. The Hall–Kier alpha value is -0.340. The lowest BCUT2D eigenvalue weighted by Crippen LogP contribution is -1.96. The van der Waals surface area contributed by atoms with Gasteiger partial charge in [0.2, 0.25) is 0 Å². The Morgan fingerprint density at radius 3 is 2.38 bits per heavy atom. The van der Waals surface area contributed by atoms with E-state index >= 15 is 0 Å². The van der Waals surface area contributed by atoms with Gasteiger partial charge in [-0.1, -0.05) is 6.08 Å². The lowest BCUT2D eigenvalue weighted by molar-refractivity contribution is 0.240. The SMILES string of the molecule is CC(=CC(C)O)CO. The van der Waals surface area contributed by atoms with Crippen LogP contribution in [0.25, 0.3) is 0 Å². The van der Waals surface area contributed by atoms with Gasteiger partial charge >= 0.3 is 0 Å². The summed E-state index contributed by atoms with van der Waals surface area (Å²) in [5.41, 5.74) is 0.806. The largest absolute Gasteiger partial charge is 0.392 e. The van der Waals surface area contributed by atoms with Crippen LogP contribution in [-0.4, -0.2) is 22.9 Å². The van der Waals surface area contributed by atoms with E-state index in [-0.39, 0.29) is 6.61 Å². The van der Waals surface area contributed by atoms with Crippen LogP contribution in [-0.2, 0) is 0 Å². The van der Waals surface area contributed by atoms with E-state index in [0.29, 0.717) is 0 Å². The molecule has 2 N–H and O–H groups in total. The van der Waals surface area contributed by atoms with Crippen LogP contribution in [0.1, 0.15) is 13.8 Å². The standard InChI is InChI=1S/C6H12O2/c1-5(4-7)3-6(2)8/h3,6-8H,4H2,1-2H3. The Morgan fingerprint density at radius 2 is 2.25 bits per heavy atom. The molecule has 0 radical (unpaired) electrons. The van der Waals surface area contributed by atoms with Gasteiger partial charge in [-0.3, -0.25) is 0 Å². The van der Waals surface area contributed by atoms with E-state index in [4.69, 9.17) is 10.2 Å². The highest BCUT2D eigenvalue weighted by Gasteiger charge is 1.88. The van der Waals surface area contributed by atoms with E-state index in [2.05, 4.69) is 0 Å². The first-order valence-electron chi connectivity index (χ1n) is 2.63. The van der Waals surface area contributed by atoms with E-state index in [9.17, 15) is 0 Å². The lowest BCUT2D eigenvalue weighted by atomic mass is 10.2. The molecule has 0 aliphatic heterocycles. The van der Waals surface area contributed by atoms with Gasteiger partial charge in [0.1, 0.15) is 0 Å². The zero-order valence-electron chi connectivity index (χ0n) is 5.26. The van der Waals surface area contributed by atoms with Crippen LogP contribution in [0.15, 0.2) is 11.6 Å². The number of aliphatic hydroxyl groups excluding tert-OH is 2. The third-order valence-corrected chi connectivity index (χ3v) is 0.775. The van der Waals surface area contributed by atoms with E-state index in [0.717, 1.165) is 5.57 Å². The molecule has 0 heterocycles. The zero-order valence-corrected chi connectivity index (χ0v) is 5.26. The van der Waals surface area contributed by atoms with Crippen molar-refractivity contribution in [2.24, 2.45) is 0 Å². The van der Waals surface area contributed by atoms with Crippen LogP contribution in [0.3, 0.4) is 0 Å². The molecule has 0 saturated carbocycles. The van der Waals surface area contributed by atoms with Gasteiger partial charge in [0, 0.05) is 0 Å². The molecule has 0 aliphatic carbocycles. The fraction of sp³-hybridized carbons (Fsp3) is 0.667. The van der Waals surface area contributed by atoms with Crippen molar-refractivity contribution in [2.45, 2.75) is 20.0 Å². The molecule has 0 rings (SSSR count). The van der Waals surface area contributed by atoms with E-state index in [1.54, 1.807) is 19.9 Å².